The Morgan fingerprint density at radius 3 is 2.27 bits per heavy atom. The number of aromatic nitrogens is 1. The maximum Gasteiger partial charge on any atom is 0.416 e. The molecule has 0 fully saturated rings. The van der Waals surface area contributed by atoms with E-state index in [1.165, 1.54) is 12.1 Å². The number of rotatable bonds is 12. The molecular weight excluding hydrogens is 529 g/mol. The number of hydrogen-bond acceptors (Lipinski definition) is 3. The quantitative estimate of drug-likeness (QED) is 0.139. The van der Waals surface area contributed by atoms with Gasteiger partial charge < -0.3 is 14.6 Å². The van der Waals surface area contributed by atoms with E-state index in [1.807, 2.05) is 42.6 Å². The van der Waals surface area contributed by atoms with Gasteiger partial charge in [-0.3, -0.25) is 9.59 Å². The fourth-order valence-corrected chi connectivity index (χ4v) is 4.99. The van der Waals surface area contributed by atoms with E-state index in [-0.39, 0.29) is 30.9 Å². The number of benzene rings is 3. The number of alkyl halides is 3. The van der Waals surface area contributed by atoms with Crippen LogP contribution < -0.4 is 5.32 Å². The number of nitrogens with zero attached hydrogens (tertiary/aromatic N) is 1. The smallest absolute Gasteiger partial charge is 0.416 e. The number of unbranched alkanes of at least 4 members (excludes halogenated alkanes) is 2. The van der Waals surface area contributed by atoms with Gasteiger partial charge in [0.2, 0.25) is 0 Å². The maximum atomic E-state index is 13.0. The first-order valence-electron chi connectivity index (χ1n) is 14.0. The first-order valence-corrected chi connectivity index (χ1v) is 14.0. The van der Waals surface area contributed by atoms with Crippen molar-refractivity contribution in [1.82, 2.24) is 9.88 Å². The molecule has 5 nitrogen and oxygen atoms in total. The molecule has 1 atom stereocenters. The van der Waals surface area contributed by atoms with Crippen LogP contribution in [0.1, 0.15) is 73.5 Å². The van der Waals surface area contributed by atoms with Gasteiger partial charge in [0.15, 0.2) is 0 Å². The summed E-state index contributed by atoms with van der Waals surface area (Å²) in [4.78, 5) is 24.1. The second kappa shape index (κ2) is 13.5. The van der Waals surface area contributed by atoms with Crippen LogP contribution in [-0.2, 0) is 15.7 Å². The van der Waals surface area contributed by atoms with Crippen molar-refractivity contribution in [2.24, 2.45) is 0 Å². The molecule has 1 aromatic heterocycles. The van der Waals surface area contributed by atoms with Crippen molar-refractivity contribution < 1.29 is 27.5 Å². The normalized spacial score (nSPS) is 12.3. The Morgan fingerprint density at radius 1 is 0.902 bits per heavy atom. The first-order chi connectivity index (χ1) is 19.7. The van der Waals surface area contributed by atoms with E-state index >= 15 is 0 Å². The Labute approximate surface area is 238 Å². The van der Waals surface area contributed by atoms with Crippen molar-refractivity contribution in [3.8, 4) is 11.1 Å². The average Bonchev–Trinajstić information content (AvgIpc) is 3.38. The molecule has 0 radical (unpaired) electrons. The van der Waals surface area contributed by atoms with Gasteiger partial charge in [0.1, 0.15) is 0 Å². The number of carbonyl (C=O) groups excluding carboxylic acids is 2. The van der Waals surface area contributed by atoms with Crippen LogP contribution in [-0.4, -0.2) is 29.6 Å². The molecule has 0 spiro atoms. The monoisotopic (exact) mass is 564 g/mol. The lowest BCUT2D eigenvalue weighted by molar-refractivity contribution is -0.143. The predicted molar refractivity (Wildman–Crippen MR) is 155 cm³/mol. The van der Waals surface area contributed by atoms with Crippen LogP contribution in [0.4, 0.5) is 13.2 Å². The van der Waals surface area contributed by atoms with E-state index in [0.717, 1.165) is 65.4 Å². The fraction of sp³-hybridized carbons (Fsp3) is 0.333. The third-order valence-corrected chi connectivity index (χ3v) is 7.16. The van der Waals surface area contributed by atoms with Gasteiger partial charge in [0.05, 0.1) is 24.6 Å². The van der Waals surface area contributed by atoms with Crippen LogP contribution >= 0.6 is 0 Å². The Morgan fingerprint density at radius 2 is 1.61 bits per heavy atom. The third-order valence-electron chi connectivity index (χ3n) is 7.16. The van der Waals surface area contributed by atoms with Crippen LogP contribution in [0, 0.1) is 0 Å². The van der Waals surface area contributed by atoms with Crippen molar-refractivity contribution >= 4 is 22.8 Å². The van der Waals surface area contributed by atoms with Gasteiger partial charge in [0, 0.05) is 29.2 Å². The van der Waals surface area contributed by atoms with Crippen molar-refractivity contribution in [2.45, 2.75) is 58.2 Å². The zero-order valence-corrected chi connectivity index (χ0v) is 23.3. The minimum Gasteiger partial charge on any atom is -0.466 e. The molecule has 1 amide bonds. The molecule has 41 heavy (non-hydrogen) atoms. The second-order valence-corrected chi connectivity index (χ2v) is 10.0. The minimum atomic E-state index is -4.36. The molecule has 4 rings (SSSR count). The SMILES string of the molecule is CCCCCC(c1ccc(C(=O)NCCC(=O)OCC)cc1)n1ccc2cc(-c3ccc(C(F)(F)F)cc3)ccc21. The highest BCUT2D eigenvalue weighted by Gasteiger charge is 2.30. The summed E-state index contributed by atoms with van der Waals surface area (Å²) in [5.74, 6) is -0.589. The second-order valence-electron chi connectivity index (χ2n) is 10.0. The molecule has 1 unspecified atom stereocenters. The molecule has 1 heterocycles. The van der Waals surface area contributed by atoms with E-state index in [9.17, 15) is 22.8 Å². The van der Waals surface area contributed by atoms with Crippen molar-refractivity contribution in [1.29, 1.82) is 0 Å². The average molecular weight is 565 g/mol. The van der Waals surface area contributed by atoms with Crippen molar-refractivity contribution in [2.75, 3.05) is 13.2 Å². The molecule has 0 aliphatic rings. The van der Waals surface area contributed by atoms with E-state index in [2.05, 4.69) is 16.8 Å². The Kier molecular flexibility index (Phi) is 9.86. The fourth-order valence-electron chi connectivity index (χ4n) is 4.99. The molecular formula is C33H35F3N2O3. The third kappa shape index (κ3) is 7.57. The summed E-state index contributed by atoms with van der Waals surface area (Å²) in [6, 6.07) is 20.8. The van der Waals surface area contributed by atoms with Gasteiger partial charge in [-0.25, -0.2) is 0 Å². The van der Waals surface area contributed by atoms with Gasteiger partial charge >= 0.3 is 12.1 Å². The summed E-state index contributed by atoms with van der Waals surface area (Å²) >= 11 is 0. The van der Waals surface area contributed by atoms with Crippen LogP contribution in [0.15, 0.2) is 79.0 Å². The lowest BCUT2D eigenvalue weighted by atomic mass is 9.98. The summed E-state index contributed by atoms with van der Waals surface area (Å²) in [6.45, 7) is 4.43. The van der Waals surface area contributed by atoms with Gasteiger partial charge in [-0.15, -0.1) is 0 Å². The lowest BCUT2D eigenvalue weighted by Crippen LogP contribution is -2.26. The summed E-state index contributed by atoms with van der Waals surface area (Å²) in [6.07, 6.45) is 1.98. The highest BCUT2D eigenvalue weighted by atomic mass is 19.4. The number of carbonyl (C=O) groups is 2. The molecule has 0 aliphatic heterocycles. The van der Waals surface area contributed by atoms with Crippen LogP contribution in [0.5, 0.6) is 0 Å². The Balaban J connectivity index is 1.54. The predicted octanol–water partition coefficient (Wildman–Crippen LogP) is 8.18. The molecule has 1 N–H and O–H groups in total. The summed E-state index contributed by atoms with van der Waals surface area (Å²) in [5, 5.41) is 3.76. The number of halogens is 3. The van der Waals surface area contributed by atoms with Crippen molar-refractivity contribution in [3.63, 3.8) is 0 Å². The van der Waals surface area contributed by atoms with E-state index in [0.29, 0.717) is 12.2 Å². The summed E-state index contributed by atoms with van der Waals surface area (Å²) < 4.78 is 46.1. The van der Waals surface area contributed by atoms with E-state index < -0.39 is 11.7 Å². The molecule has 4 aromatic rings. The van der Waals surface area contributed by atoms with E-state index in [1.54, 1.807) is 19.1 Å². The number of ether oxygens (including phenoxy) is 1. The summed E-state index contributed by atoms with van der Waals surface area (Å²) in [5.41, 5.74) is 3.54. The number of fused-ring (bicyclic) bond motifs is 1. The summed E-state index contributed by atoms with van der Waals surface area (Å²) in [7, 11) is 0. The lowest BCUT2D eigenvalue weighted by Gasteiger charge is -2.21. The first kappa shape index (κ1) is 29.9. The largest absolute Gasteiger partial charge is 0.466 e. The molecule has 8 heteroatoms. The molecule has 0 bridgehead atoms. The zero-order valence-electron chi connectivity index (χ0n) is 23.3. The molecule has 0 saturated carbocycles. The maximum absolute atomic E-state index is 13.0. The molecule has 0 aliphatic carbocycles. The number of nitrogens with one attached hydrogen (secondary N) is 1. The number of hydrogen-bond donors (Lipinski definition) is 1. The molecule has 3 aromatic carbocycles. The van der Waals surface area contributed by atoms with Gasteiger partial charge in [-0.1, -0.05) is 56.5 Å². The molecule has 216 valence electrons. The van der Waals surface area contributed by atoms with Crippen LogP contribution in [0.2, 0.25) is 0 Å². The van der Waals surface area contributed by atoms with Crippen molar-refractivity contribution in [3.05, 3.63) is 95.7 Å². The van der Waals surface area contributed by atoms with Gasteiger partial charge in [-0.2, -0.15) is 13.2 Å². The van der Waals surface area contributed by atoms with E-state index in [4.69, 9.17) is 4.74 Å². The Bertz CT molecular complexity index is 1460. The minimum absolute atomic E-state index is 0.0527. The van der Waals surface area contributed by atoms with Gasteiger partial charge in [-0.05, 0) is 72.5 Å². The Hall–Kier alpha value is -4.07. The van der Waals surface area contributed by atoms with Crippen LogP contribution in [0.25, 0.3) is 22.0 Å². The molecule has 0 saturated heterocycles. The topological polar surface area (TPSA) is 60.3 Å². The highest BCUT2D eigenvalue weighted by Crippen LogP contribution is 2.34. The number of amides is 1. The zero-order chi connectivity index (χ0) is 29.4. The standard InChI is InChI=1S/C33H35F3N2O3/c1-3-5-6-7-29(24-8-10-25(11-9-24)32(40)37-20-18-31(39)41-4-2)38-21-19-27-22-26(14-17-30(27)38)23-12-15-28(16-13-23)33(34,35)36/h8-17,19,21-22,29H,3-7,18,20H2,1-2H3,(H,37,40). The number of esters is 1. The van der Waals surface area contributed by atoms with Crippen LogP contribution in [0.3, 0.4) is 0 Å². The van der Waals surface area contributed by atoms with Gasteiger partial charge in [0.25, 0.3) is 5.91 Å². The highest BCUT2D eigenvalue weighted by molar-refractivity contribution is 5.94.